The molecule has 1 atom stereocenters. The molecule has 5 N–H and O–H groups in total. The fourth-order valence-corrected chi connectivity index (χ4v) is 7.36. The van der Waals surface area contributed by atoms with Crippen molar-refractivity contribution in [1.82, 2.24) is 39.5 Å². The van der Waals surface area contributed by atoms with Crippen LogP contribution in [-0.2, 0) is 29.7 Å². The third kappa shape index (κ3) is 7.73. The van der Waals surface area contributed by atoms with Crippen LogP contribution in [-0.4, -0.2) is 84.1 Å². The second kappa shape index (κ2) is 14.8. The summed E-state index contributed by atoms with van der Waals surface area (Å²) in [6.45, 7) is 6.51. The van der Waals surface area contributed by atoms with Gasteiger partial charge in [-0.05, 0) is 83.0 Å². The molecule has 0 bridgehead atoms. The van der Waals surface area contributed by atoms with Crippen molar-refractivity contribution in [3.63, 3.8) is 0 Å². The number of anilines is 4. The summed E-state index contributed by atoms with van der Waals surface area (Å²) in [6, 6.07) is 12.1. The molecule has 2 saturated heterocycles. The minimum Gasteiger partial charge on any atom is -0.390 e. The number of aliphatic hydroxyl groups is 1. The molecule has 3 aromatic heterocycles. The van der Waals surface area contributed by atoms with Crippen LogP contribution in [0.15, 0.2) is 47.4 Å². The molecular weight excluding hydrogens is 698 g/mol. The number of carbonyl (C=O) groups is 2. The number of benzene rings is 2. The standard InChI is InChI=1S/C37H46ClN11O4/c1-37(2,53)13-17-48-30-20-24(6-9-28(30)49(36(48)52)18-14-39-3)42-33-27(38)21-40-35(44-33)47-15-11-22(12-16-47)41-23-5-7-25-29(19-23)46(4)45-32(25)26-8-10-31(50)43-34(26)51/h5-7,9,19-22,26,39,41,53H,8,10-18H2,1-4H3,(H,40,42,44)(H,43,50,51). The zero-order chi connectivity index (χ0) is 37.4. The van der Waals surface area contributed by atoms with E-state index >= 15 is 0 Å². The smallest absolute Gasteiger partial charge is 0.329 e. The van der Waals surface area contributed by atoms with Gasteiger partial charge in [-0.1, -0.05) is 11.6 Å². The maximum atomic E-state index is 13.4. The number of amides is 2. The van der Waals surface area contributed by atoms with Gasteiger partial charge in [0.15, 0.2) is 5.82 Å². The Morgan fingerprint density at radius 3 is 2.45 bits per heavy atom. The number of nitrogens with zero attached hydrogens (tertiary/aromatic N) is 7. The highest BCUT2D eigenvalue weighted by Gasteiger charge is 2.32. The first-order valence-electron chi connectivity index (χ1n) is 18.1. The number of rotatable bonds is 12. The Hall–Kier alpha value is -4.99. The van der Waals surface area contributed by atoms with Crippen LogP contribution in [0.2, 0.25) is 5.02 Å². The molecule has 5 heterocycles. The fourth-order valence-electron chi connectivity index (χ4n) is 7.22. The highest BCUT2D eigenvalue weighted by molar-refractivity contribution is 6.33. The molecule has 53 heavy (non-hydrogen) atoms. The van der Waals surface area contributed by atoms with E-state index in [4.69, 9.17) is 16.6 Å². The van der Waals surface area contributed by atoms with E-state index in [0.29, 0.717) is 61.4 Å². The fraction of sp³-hybridized carbons (Fsp3) is 0.459. The van der Waals surface area contributed by atoms with Gasteiger partial charge in [-0.15, -0.1) is 0 Å². The van der Waals surface area contributed by atoms with Crippen LogP contribution < -0.4 is 31.9 Å². The molecule has 16 heteroatoms. The van der Waals surface area contributed by atoms with Crippen molar-refractivity contribution >= 4 is 68.5 Å². The van der Waals surface area contributed by atoms with Crippen LogP contribution >= 0.6 is 11.6 Å². The van der Waals surface area contributed by atoms with Crippen molar-refractivity contribution in [3.8, 4) is 0 Å². The quantitative estimate of drug-likeness (QED) is 0.117. The molecule has 7 rings (SSSR count). The number of imidazole rings is 1. The van der Waals surface area contributed by atoms with E-state index in [1.54, 1.807) is 33.9 Å². The Balaban J connectivity index is 1.03. The van der Waals surface area contributed by atoms with E-state index in [9.17, 15) is 19.5 Å². The first kappa shape index (κ1) is 36.4. The number of fused-ring (bicyclic) bond motifs is 2. The van der Waals surface area contributed by atoms with Crippen LogP contribution in [0, 0.1) is 0 Å². The molecule has 0 spiro atoms. The predicted octanol–water partition coefficient (Wildman–Crippen LogP) is 3.86. The van der Waals surface area contributed by atoms with Crippen LogP contribution in [0.3, 0.4) is 0 Å². The summed E-state index contributed by atoms with van der Waals surface area (Å²) in [4.78, 5) is 49.1. The number of imide groups is 1. The highest BCUT2D eigenvalue weighted by atomic mass is 35.5. The molecule has 1 unspecified atom stereocenters. The number of aromatic nitrogens is 6. The van der Waals surface area contributed by atoms with Gasteiger partial charge in [0.1, 0.15) is 5.02 Å². The number of carbonyl (C=O) groups excluding carboxylic acids is 2. The average molecular weight is 744 g/mol. The van der Waals surface area contributed by atoms with E-state index in [1.165, 1.54) is 0 Å². The van der Waals surface area contributed by atoms with Gasteiger partial charge < -0.3 is 26.0 Å². The monoisotopic (exact) mass is 743 g/mol. The summed E-state index contributed by atoms with van der Waals surface area (Å²) in [5.41, 5.74) is 3.87. The summed E-state index contributed by atoms with van der Waals surface area (Å²) in [5, 5.41) is 28.9. The first-order valence-corrected chi connectivity index (χ1v) is 18.5. The third-order valence-electron chi connectivity index (χ3n) is 10.1. The van der Waals surface area contributed by atoms with Crippen molar-refractivity contribution in [2.75, 3.05) is 42.2 Å². The van der Waals surface area contributed by atoms with Gasteiger partial charge in [0, 0.05) is 69.0 Å². The van der Waals surface area contributed by atoms with Gasteiger partial charge >= 0.3 is 5.69 Å². The largest absolute Gasteiger partial charge is 0.390 e. The maximum Gasteiger partial charge on any atom is 0.329 e. The lowest BCUT2D eigenvalue weighted by Crippen LogP contribution is -2.40. The Kier molecular flexibility index (Phi) is 10.2. The molecule has 2 aromatic carbocycles. The molecule has 5 aromatic rings. The summed E-state index contributed by atoms with van der Waals surface area (Å²) in [6.07, 6.45) is 4.53. The minimum atomic E-state index is -0.913. The number of hydrogen-bond donors (Lipinski definition) is 5. The number of hydrogen-bond acceptors (Lipinski definition) is 11. The van der Waals surface area contributed by atoms with Gasteiger partial charge in [-0.2, -0.15) is 10.1 Å². The molecule has 0 saturated carbocycles. The zero-order valence-corrected chi connectivity index (χ0v) is 31.2. The zero-order valence-electron chi connectivity index (χ0n) is 30.4. The Bertz CT molecular complexity index is 2230. The van der Waals surface area contributed by atoms with Crippen molar-refractivity contribution in [2.45, 2.75) is 76.6 Å². The molecule has 2 fully saturated rings. The molecular formula is C37H46ClN11O4. The number of nitrogens with one attached hydrogen (secondary N) is 4. The van der Waals surface area contributed by atoms with Gasteiger partial charge in [0.25, 0.3) is 0 Å². The van der Waals surface area contributed by atoms with Crippen molar-refractivity contribution in [1.29, 1.82) is 0 Å². The summed E-state index contributed by atoms with van der Waals surface area (Å²) < 4.78 is 5.26. The van der Waals surface area contributed by atoms with Crippen LogP contribution in [0.25, 0.3) is 21.9 Å². The lowest BCUT2D eigenvalue weighted by Gasteiger charge is -2.33. The van der Waals surface area contributed by atoms with E-state index < -0.39 is 11.5 Å². The van der Waals surface area contributed by atoms with E-state index in [1.807, 2.05) is 44.4 Å². The number of halogens is 1. The van der Waals surface area contributed by atoms with Gasteiger partial charge in [-0.3, -0.25) is 28.7 Å². The number of aryl methyl sites for hydroxylation is 2. The Morgan fingerprint density at radius 2 is 1.72 bits per heavy atom. The molecule has 2 aliphatic heterocycles. The molecule has 15 nitrogen and oxygen atoms in total. The average Bonchev–Trinajstić information content (AvgIpc) is 3.58. The van der Waals surface area contributed by atoms with Gasteiger partial charge in [0.05, 0.1) is 40.0 Å². The van der Waals surface area contributed by atoms with E-state index in [-0.39, 0.29) is 23.5 Å². The molecule has 0 radical (unpaired) electrons. The summed E-state index contributed by atoms with van der Waals surface area (Å²) >= 11 is 6.60. The number of piperidine rings is 2. The van der Waals surface area contributed by atoms with E-state index in [0.717, 1.165) is 59.2 Å². The second-order valence-corrected chi connectivity index (χ2v) is 15.0. The molecule has 2 amide bonds. The van der Waals surface area contributed by atoms with Crippen molar-refractivity contribution in [2.24, 2.45) is 7.05 Å². The minimum absolute atomic E-state index is 0.117. The van der Waals surface area contributed by atoms with Crippen LogP contribution in [0.5, 0.6) is 0 Å². The summed E-state index contributed by atoms with van der Waals surface area (Å²) in [7, 11) is 3.72. The molecule has 280 valence electrons. The van der Waals surface area contributed by atoms with Crippen LogP contribution in [0.4, 0.5) is 23.1 Å². The topological polar surface area (TPSA) is 176 Å². The highest BCUT2D eigenvalue weighted by Crippen LogP contribution is 2.33. The molecule has 2 aliphatic rings. The maximum absolute atomic E-state index is 13.4. The Morgan fingerprint density at radius 1 is 0.981 bits per heavy atom. The number of likely N-dealkylation sites (N-methyl/N-ethyl adjacent to an activating group) is 1. The van der Waals surface area contributed by atoms with Crippen molar-refractivity contribution in [3.05, 3.63) is 63.8 Å². The predicted molar refractivity (Wildman–Crippen MR) is 206 cm³/mol. The SMILES string of the molecule is CNCCn1c(=O)n(CCC(C)(C)O)c2cc(Nc3nc(N4CCC(Nc5ccc6c(C7CCC(=O)NC7=O)nn(C)c6c5)CC4)ncc3Cl)ccc21. The van der Waals surface area contributed by atoms with Crippen molar-refractivity contribution < 1.29 is 14.7 Å². The van der Waals surface area contributed by atoms with Gasteiger partial charge in [0.2, 0.25) is 17.8 Å². The summed E-state index contributed by atoms with van der Waals surface area (Å²) in [5.74, 6) is 0.0795. The van der Waals surface area contributed by atoms with Crippen LogP contribution in [0.1, 0.15) is 57.6 Å². The molecule has 0 aliphatic carbocycles. The third-order valence-corrected chi connectivity index (χ3v) is 10.4. The normalized spacial score (nSPS) is 17.2. The first-order chi connectivity index (χ1) is 25.4. The second-order valence-electron chi connectivity index (χ2n) is 14.6. The lowest BCUT2D eigenvalue weighted by molar-refractivity contribution is -0.134. The van der Waals surface area contributed by atoms with Gasteiger partial charge in [-0.25, -0.2) is 9.78 Å². The van der Waals surface area contributed by atoms with E-state index in [2.05, 4.69) is 42.3 Å². The lowest BCUT2D eigenvalue weighted by atomic mass is 9.93. The Labute approximate surface area is 311 Å².